The Labute approximate surface area is 267 Å². The van der Waals surface area contributed by atoms with Gasteiger partial charge in [-0.3, -0.25) is 52.7 Å². The number of nitrogens with two attached hydrogens (primary N) is 1. The Morgan fingerprint density at radius 1 is 0.787 bits per heavy atom. The summed E-state index contributed by atoms with van der Waals surface area (Å²) in [6.07, 6.45) is 3.16. The van der Waals surface area contributed by atoms with Gasteiger partial charge in [-0.25, -0.2) is 9.59 Å². The molecule has 0 saturated carbocycles. The number of hydrogen-bond donors (Lipinski definition) is 7. The average Bonchev–Trinajstić information content (AvgIpc) is 3.00. The third-order valence-corrected chi connectivity index (χ3v) is 6.69. The number of amides is 4. The van der Waals surface area contributed by atoms with E-state index in [1.165, 1.54) is 26.2 Å². The molecule has 258 valence electrons. The number of carbonyl (C=O) groups is 5. The van der Waals surface area contributed by atoms with Crippen LogP contribution in [-0.4, -0.2) is 87.0 Å². The van der Waals surface area contributed by atoms with Crippen LogP contribution in [0.2, 0.25) is 0 Å². The average molecular weight is 664 g/mol. The van der Waals surface area contributed by atoms with Gasteiger partial charge in [-0.1, -0.05) is 0 Å². The number of aromatic nitrogens is 4. The van der Waals surface area contributed by atoms with E-state index >= 15 is 0 Å². The standard InChI is InChI=1S/C28H41N9O10/c1-4-47-22(40)11-31-26(44)19(33-21(39)15-37-13-17(3)24(42)35-28(37)46)8-6-10-30-25(43)18(7-5-9-29)32-20(38)14-36-12-16(2)23(41)34-27(36)45/h12-13,18-19H,4-11,14-15,29H2,1-3H3,(H,30,43)(H,31,44)(H,32,38)(H,33,39)(H,34,41,45)(H,35,42,46)/t18-,19-/m0/s1. The fourth-order valence-corrected chi connectivity index (χ4v) is 4.26. The lowest BCUT2D eigenvalue weighted by Crippen LogP contribution is -2.50. The molecule has 2 atom stereocenters. The molecular formula is C28H41N9O10. The van der Waals surface area contributed by atoms with Gasteiger partial charge in [0.05, 0.1) is 6.61 Å². The third kappa shape index (κ3) is 12.5. The van der Waals surface area contributed by atoms with Gasteiger partial charge in [-0.15, -0.1) is 0 Å². The smallest absolute Gasteiger partial charge is 0.328 e. The van der Waals surface area contributed by atoms with Gasteiger partial charge >= 0.3 is 17.3 Å². The first kappa shape index (κ1) is 37.9. The number of esters is 1. The quantitative estimate of drug-likeness (QED) is 0.0596. The van der Waals surface area contributed by atoms with Crippen molar-refractivity contribution in [3.8, 4) is 0 Å². The zero-order valence-corrected chi connectivity index (χ0v) is 26.4. The molecule has 19 heteroatoms. The van der Waals surface area contributed by atoms with Crippen molar-refractivity contribution < 1.29 is 28.7 Å². The number of ether oxygens (including phenoxy) is 1. The summed E-state index contributed by atoms with van der Waals surface area (Å²) in [7, 11) is 0. The fraction of sp³-hybridized carbons (Fsp3) is 0.536. The molecule has 19 nitrogen and oxygen atoms in total. The maximum absolute atomic E-state index is 12.9. The lowest BCUT2D eigenvalue weighted by Gasteiger charge is -2.20. The highest BCUT2D eigenvalue weighted by molar-refractivity contribution is 5.89. The number of H-pyrrole nitrogens is 2. The van der Waals surface area contributed by atoms with Crippen LogP contribution in [-0.2, 0) is 41.8 Å². The van der Waals surface area contributed by atoms with Crippen LogP contribution in [0.3, 0.4) is 0 Å². The second-order valence-electron chi connectivity index (χ2n) is 10.5. The Morgan fingerprint density at radius 3 is 1.72 bits per heavy atom. The number of nitrogens with zero attached hydrogens (tertiary/aromatic N) is 2. The van der Waals surface area contributed by atoms with Crippen molar-refractivity contribution in [1.82, 2.24) is 40.4 Å². The molecule has 0 aliphatic heterocycles. The van der Waals surface area contributed by atoms with E-state index in [1.54, 1.807) is 6.92 Å². The van der Waals surface area contributed by atoms with Gasteiger partial charge in [0.1, 0.15) is 31.7 Å². The van der Waals surface area contributed by atoms with Crippen molar-refractivity contribution in [3.63, 3.8) is 0 Å². The molecule has 0 aliphatic rings. The van der Waals surface area contributed by atoms with Crippen LogP contribution in [0, 0.1) is 13.8 Å². The number of rotatable bonds is 18. The van der Waals surface area contributed by atoms with Gasteiger partial charge in [0.2, 0.25) is 23.6 Å². The van der Waals surface area contributed by atoms with Gasteiger partial charge in [0, 0.05) is 30.1 Å². The summed E-state index contributed by atoms with van der Waals surface area (Å²) in [4.78, 5) is 114. The molecule has 0 aliphatic carbocycles. The first-order valence-corrected chi connectivity index (χ1v) is 14.9. The number of hydrogen-bond acceptors (Lipinski definition) is 11. The first-order chi connectivity index (χ1) is 22.2. The maximum Gasteiger partial charge on any atom is 0.328 e. The predicted octanol–water partition coefficient (Wildman–Crippen LogP) is -4.01. The summed E-state index contributed by atoms with van der Waals surface area (Å²) in [5, 5.41) is 10.1. The Morgan fingerprint density at radius 2 is 1.26 bits per heavy atom. The van der Waals surface area contributed by atoms with E-state index in [4.69, 9.17) is 10.5 Å². The zero-order valence-electron chi connectivity index (χ0n) is 26.4. The number of aromatic amines is 2. The highest BCUT2D eigenvalue weighted by Crippen LogP contribution is 2.01. The minimum Gasteiger partial charge on any atom is -0.465 e. The molecule has 0 spiro atoms. The maximum atomic E-state index is 12.9. The number of carbonyl (C=O) groups excluding carboxylic acids is 5. The van der Waals surface area contributed by atoms with Crippen molar-refractivity contribution in [2.24, 2.45) is 5.73 Å². The van der Waals surface area contributed by atoms with Crippen LogP contribution in [0.5, 0.6) is 0 Å². The molecule has 2 aromatic heterocycles. The van der Waals surface area contributed by atoms with Crippen molar-refractivity contribution >= 4 is 29.6 Å². The zero-order chi connectivity index (χ0) is 35.1. The molecule has 0 bridgehead atoms. The Kier molecular flexibility index (Phi) is 15.0. The molecule has 0 fully saturated rings. The van der Waals surface area contributed by atoms with E-state index in [0.717, 1.165) is 9.13 Å². The van der Waals surface area contributed by atoms with Crippen LogP contribution < -0.4 is 49.5 Å². The second-order valence-corrected chi connectivity index (χ2v) is 10.5. The summed E-state index contributed by atoms with van der Waals surface area (Å²) in [5.74, 6) is -3.37. The highest BCUT2D eigenvalue weighted by atomic mass is 16.5. The highest BCUT2D eigenvalue weighted by Gasteiger charge is 2.24. The fourth-order valence-electron chi connectivity index (χ4n) is 4.26. The monoisotopic (exact) mass is 663 g/mol. The molecule has 2 aromatic rings. The Bertz CT molecular complexity index is 1670. The predicted molar refractivity (Wildman–Crippen MR) is 166 cm³/mol. The van der Waals surface area contributed by atoms with Gasteiger partial charge in [0.25, 0.3) is 11.1 Å². The molecule has 2 heterocycles. The molecule has 4 amide bonds. The molecule has 2 rings (SSSR count). The van der Waals surface area contributed by atoms with E-state index < -0.39 is 83.8 Å². The van der Waals surface area contributed by atoms with E-state index in [0.29, 0.717) is 6.42 Å². The van der Waals surface area contributed by atoms with E-state index in [2.05, 4.69) is 31.2 Å². The molecule has 0 radical (unpaired) electrons. The lowest BCUT2D eigenvalue weighted by atomic mass is 10.1. The summed E-state index contributed by atoms with van der Waals surface area (Å²) >= 11 is 0. The van der Waals surface area contributed by atoms with E-state index in [1.807, 2.05) is 0 Å². The summed E-state index contributed by atoms with van der Waals surface area (Å²) in [5.41, 5.74) is 3.20. The molecule has 47 heavy (non-hydrogen) atoms. The normalized spacial score (nSPS) is 12.0. The molecule has 0 aromatic carbocycles. The largest absolute Gasteiger partial charge is 0.465 e. The summed E-state index contributed by atoms with van der Waals surface area (Å²) in [6, 6.07) is -2.19. The lowest BCUT2D eigenvalue weighted by molar-refractivity contribution is -0.143. The van der Waals surface area contributed by atoms with Crippen LogP contribution >= 0.6 is 0 Å². The van der Waals surface area contributed by atoms with Crippen molar-refractivity contribution in [1.29, 1.82) is 0 Å². The Hall–Kier alpha value is -5.33. The molecular weight excluding hydrogens is 622 g/mol. The van der Waals surface area contributed by atoms with Crippen molar-refractivity contribution in [3.05, 3.63) is 65.2 Å². The van der Waals surface area contributed by atoms with Gasteiger partial charge in [0.15, 0.2) is 0 Å². The van der Waals surface area contributed by atoms with Crippen LogP contribution in [0.4, 0.5) is 0 Å². The first-order valence-electron chi connectivity index (χ1n) is 14.9. The van der Waals surface area contributed by atoms with Crippen molar-refractivity contribution in [2.45, 2.75) is 71.6 Å². The topological polar surface area (TPSA) is 278 Å². The number of nitrogens with one attached hydrogen (secondary N) is 6. The molecule has 0 saturated heterocycles. The van der Waals surface area contributed by atoms with Gasteiger partial charge in [-0.2, -0.15) is 0 Å². The summed E-state index contributed by atoms with van der Waals surface area (Å²) in [6.45, 7) is 3.46. The molecule has 0 unspecified atom stereocenters. The Balaban J connectivity index is 2.03. The minimum absolute atomic E-state index is 0.00543. The SMILES string of the molecule is CCOC(=O)CNC(=O)[C@H](CCCNC(=O)[C@H](CCCN)NC(=O)Cn1cc(C)c(=O)[nH]c1=O)NC(=O)Cn1cc(C)c(=O)[nH]c1=O. The number of aryl methyl sites for hydroxylation is 2. The second kappa shape index (κ2) is 18.6. The third-order valence-electron chi connectivity index (χ3n) is 6.69. The van der Waals surface area contributed by atoms with Crippen molar-refractivity contribution in [2.75, 3.05) is 26.2 Å². The van der Waals surface area contributed by atoms with Crippen LogP contribution in [0.1, 0.15) is 43.7 Å². The van der Waals surface area contributed by atoms with E-state index in [9.17, 15) is 43.2 Å². The van der Waals surface area contributed by atoms with E-state index in [-0.39, 0.29) is 50.1 Å². The molecule has 8 N–H and O–H groups in total. The van der Waals surface area contributed by atoms with Gasteiger partial charge in [-0.05, 0) is 53.0 Å². The van der Waals surface area contributed by atoms with Crippen LogP contribution in [0.25, 0.3) is 0 Å². The minimum atomic E-state index is -1.18. The van der Waals surface area contributed by atoms with Crippen LogP contribution in [0.15, 0.2) is 31.6 Å². The summed E-state index contributed by atoms with van der Waals surface area (Å²) < 4.78 is 6.76. The van der Waals surface area contributed by atoms with Gasteiger partial charge < -0.3 is 31.7 Å².